The Morgan fingerprint density at radius 3 is 2.38 bits per heavy atom. The molecule has 0 aliphatic rings. The summed E-state index contributed by atoms with van der Waals surface area (Å²) in [6.07, 6.45) is 1.65. The van der Waals surface area contributed by atoms with Gasteiger partial charge in [-0.25, -0.2) is 0 Å². The lowest BCUT2D eigenvalue weighted by Gasteiger charge is -2.21. The average Bonchev–Trinajstić information content (AvgIpc) is 2.62. The number of benzene rings is 2. The van der Waals surface area contributed by atoms with Crippen molar-refractivity contribution in [1.82, 2.24) is 0 Å². The molecule has 0 radical (unpaired) electrons. The lowest BCUT2D eigenvalue weighted by Crippen LogP contribution is -2.24. The number of hydrogen-bond acceptors (Lipinski definition) is 3. The fourth-order valence-electron chi connectivity index (χ4n) is 2.57. The number of hydrogen-bond donors (Lipinski definition) is 1. The van der Waals surface area contributed by atoms with Crippen molar-refractivity contribution in [2.75, 3.05) is 13.7 Å². The molecule has 2 rings (SSSR count). The molecule has 126 valence electrons. The Balaban J connectivity index is 2.05. The minimum absolute atomic E-state index is 0.293. The van der Waals surface area contributed by atoms with Gasteiger partial charge in [0.25, 0.3) is 0 Å². The molecule has 0 saturated heterocycles. The highest BCUT2D eigenvalue weighted by Crippen LogP contribution is 2.28. The van der Waals surface area contributed by atoms with E-state index in [2.05, 4.69) is 6.58 Å². The van der Waals surface area contributed by atoms with Gasteiger partial charge in [0.2, 0.25) is 0 Å². The molecule has 4 heteroatoms. The van der Waals surface area contributed by atoms with Crippen molar-refractivity contribution in [3.8, 4) is 5.75 Å². The first kappa shape index (κ1) is 17.8. The van der Waals surface area contributed by atoms with Crippen LogP contribution in [0.2, 0.25) is 0 Å². The molecule has 2 aromatic rings. The summed E-state index contributed by atoms with van der Waals surface area (Å²) in [4.78, 5) is 11.8. The second-order valence-electron chi connectivity index (χ2n) is 5.49. The maximum Gasteiger partial charge on any atom is 0.311 e. The van der Waals surface area contributed by atoms with Crippen LogP contribution in [0, 0.1) is 5.92 Å². The quantitative estimate of drug-likeness (QED) is 0.711. The van der Waals surface area contributed by atoms with E-state index >= 15 is 0 Å². The van der Waals surface area contributed by atoms with Gasteiger partial charge in [-0.1, -0.05) is 48.5 Å². The predicted molar refractivity (Wildman–Crippen MR) is 93.2 cm³/mol. The molecule has 0 heterocycles. The Morgan fingerprint density at radius 2 is 1.83 bits per heavy atom. The molecular weight excluding hydrogens is 304 g/mol. The summed E-state index contributed by atoms with van der Waals surface area (Å²) < 4.78 is 10.8. The van der Waals surface area contributed by atoms with E-state index in [4.69, 9.17) is 9.47 Å². The van der Waals surface area contributed by atoms with Gasteiger partial charge in [-0.3, -0.25) is 4.79 Å². The molecule has 0 aliphatic carbocycles. The van der Waals surface area contributed by atoms with Gasteiger partial charge in [-0.15, -0.1) is 6.58 Å². The third kappa shape index (κ3) is 4.70. The van der Waals surface area contributed by atoms with Gasteiger partial charge in [0.1, 0.15) is 5.75 Å². The molecule has 0 spiro atoms. The summed E-state index contributed by atoms with van der Waals surface area (Å²) in [5.41, 5.74) is 1.76. The Kier molecular flexibility index (Phi) is 6.58. The van der Waals surface area contributed by atoms with Gasteiger partial charge < -0.3 is 14.6 Å². The summed E-state index contributed by atoms with van der Waals surface area (Å²) >= 11 is 0. The fourth-order valence-corrected chi connectivity index (χ4v) is 2.57. The van der Waals surface area contributed by atoms with Crippen LogP contribution in [-0.4, -0.2) is 24.8 Å². The topological polar surface area (TPSA) is 55.8 Å². The van der Waals surface area contributed by atoms with Crippen molar-refractivity contribution in [2.24, 2.45) is 5.92 Å². The number of carbonyl (C=O) groups is 1. The predicted octanol–water partition coefficient (Wildman–Crippen LogP) is 3.88. The molecule has 2 atom stereocenters. The molecule has 0 aliphatic heterocycles. The standard InChI is InChI=1S/C20H22O4/c1-3-16(14-24-13-15-7-5-4-6-8-15)19(20(21)22)17-9-11-18(23-2)12-10-17/h3-12,16,19H,1,13-14H2,2H3,(H,21,22)/t16-,19-/m0/s1. The second-order valence-corrected chi connectivity index (χ2v) is 5.49. The lowest BCUT2D eigenvalue weighted by atomic mass is 9.86. The van der Waals surface area contributed by atoms with Crippen molar-refractivity contribution in [3.63, 3.8) is 0 Å². The van der Waals surface area contributed by atoms with Crippen molar-refractivity contribution in [3.05, 3.63) is 78.4 Å². The van der Waals surface area contributed by atoms with Crippen molar-refractivity contribution in [2.45, 2.75) is 12.5 Å². The Morgan fingerprint density at radius 1 is 1.17 bits per heavy atom. The highest BCUT2D eigenvalue weighted by molar-refractivity contribution is 5.77. The summed E-state index contributed by atoms with van der Waals surface area (Å²) in [5, 5.41) is 9.64. The maximum absolute atomic E-state index is 11.8. The number of rotatable bonds is 9. The van der Waals surface area contributed by atoms with Crippen LogP contribution in [0.3, 0.4) is 0 Å². The van der Waals surface area contributed by atoms with Gasteiger partial charge in [0.05, 0.1) is 26.2 Å². The van der Waals surface area contributed by atoms with E-state index in [1.54, 1.807) is 37.5 Å². The number of carboxylic acid groups (broad SMARTS) is 1. The summed E-state index contributed by atoms with van der Waals surface area (Å²) in [5.74, 6) is -1.23. The van der Waals surface area contributed by atoms with Gasteiger partial charge in [0.15, 0.2) is 0 Å². The summed E-state index contributed by atoms with van der Waals surface area (Å²) in [7, 11) is 1.58. The SMILES string of the molecule is C=C[C@@H](COCc1ccccc1)[C@H](C(=O)O)c1ccc(OC)cc1. The van der Waals surface area contributed by atoms with Crippen LogP contribution in [0.25, 0.3) is 0 Å². The van der Waals surface area contributed by atoms with Gasteiger partial charge in [0, 0.05) is 5.92 Å². The number of aliphatic carboxylic acids is 1. The minimum Gasteiger partial charge on any atom is -0.497 e. The van der Waals surface area contributed by atoms with Gasteiger partial charge in [-0.2, -0.15) is 0 Å². The van der Waals surface area contributed by atoms with Crippen LogP contribution in [-0.2, 0) is 16.1 Å². The second kappa shape index (κ2) is 8.89. The zero-order valence-corrected chi connectivity index (χ0v) is 13.7. The zero-order chi connectivity index (χ0) is 17.4. The molecule has 1 N–H and O–H groups in total. The molecule has 0 amide bonds. The van der Waals surface area contributed by atoms with E-state index in [-0.39, 0.29) is 5.92 Å². The van der Waals surface area contributed by atoms with Crippen LogP contribution in [0.15, 0.2) is 67.3 Å². The molecule has 4 nitrogen and oxygen atoms in total. The van der Waals surface area contributed by atoms with Crippen molar-refractivity contribution < 1.29 is 19.4 Å². The van der Waals surface area contributed by atoms with Crippen LogP contribution in [0.5, 0.6) is 5.75 Å². The molecular formula is C20H22O4. The summed E-state index contributed by atoms with van der Waals surface area (Å²) in [6, 6.07) is 16.8. The number of carboxylic acids is 1. The van der Waals surface area contributed by atoms with Crippen LogP contribution in [0.1, 0.15) is 17.0 Å². The first-order valence-electron chi connectivity index (χ1n) is 7.76. The maximum atomic E-state index is 11.8. The largest absolute Gasteiger partial charge is 0.497 e. The Labute approximate surface area is 142 Å². The van der Waals surface area contributed by atoms with Crippen LogP contribution < -0.4 is 4.74 Å². The van der Waals surface area contributed by atoms with Crippen LogP contribution in [0.4, 0.5) is 0 Å². The molecule has 0 bridgehead atoms. The van der Waals surface area contributed by atoms with Gasteiger partial charge >= 0.3 is 5.97 Å². The molecule has 24 heavy (non-hydrogen) atoms. The third-order valence-corrected chi connectivity index (χ3v) is 3.89. The van der Waals surface area contributed by atoms with Crippen LogP contribution >= 0.6 is 0 Å². The van der Waals surface area contributed by atoms with E-state index in [0.29, 0.717) is 24.5 Å². The fraction of sp³-hybridized carbons (Fsp3) is 0.250. The minimum atomic E-state index is -0.895. The zero-order valence-electron chi connectivity index (χ0n) is 13.7. The highest BCUT2D eigenvalue weighted by atomic mass is 16.5. The van der Waals surface area contributed by atoms with E-state index in [0.717, 1.165) is 5.56 Å². The first-order valence-corrected chi connectivity index (χ1v) is 7.76. The van der Waals surface area contributed by atoms with E-state index in [1.165, 1.54) is 0 Å². The Bertz CT molecular complexity index is 649. The van der Waals surface area contributed by atoms with E-state index in [9.17, 15) is 9.90 Å². The molecule has 0 aromatic heterocycles. The molecule has 0 fully saturated rings. The number of ether oxygens (including phenoxy) is 2. The van der Waals surface area contributed by atoms with Gasteiger partial charge in [-0.05, 0) is 23.3 Å². The molecule has 2 aromatic carbocycles. The lowest BCUT2D eigenvalue weighted by molar-refractivity contribution is -0.140. The smallest absolute Gasteiger partial charge is 0.311 e. The highest BCUT2D eigenvalue weighted by Gasteiger charge is 2.28. The molecule has 0 unspecified atom stereocenters. The van der Waals surface area contributed by atoms with Crippen molar-refractivity contribution in [1.29, 1.82) is 0 Å². The third-order valence-electron chi connectivity index (χ3n) is 3.89. The normalized spacial score (nSPS) is 13.0. The molecule has 0 saturated carbocycles. The van der Waals surface area contributed by atoms with Crippen molar-refractivity contribution >= 4 is 5.97 Å². The Hall–Kier alpha value is -2.59. The number of methoxy groups -OCH3 is 1. The monoisotopic (exact) mass is 326 g/mol. The van der Waals surface area contributed by atoms with E-state index in [1.807, 2.05) is 30.3 Å². The average molecular weight is 326 g/mol. The summed E-state index contributed by atoms with van der Waals surface area (Å²) in [6.45, 7) is 4.52. The van der Waals surface area contributed by atoms with E-state index < -0.39 is 11.9 Å². The first-order chi connectivity index (χ1) is 11.7.